The highest BCUT2D eigenvalue weighted by molar-refractivity contribution is 7.80. The smallest absolute Gasteiger partial charge is 0.254 e. The van der Waals surface area contributed by atoms with E-state index in [9.17, 15) is 4.79 Å². The lowest BCUT2D eigenvalue weighted by molar-refractivity contribution is -0.152. The molecule has 1 atom stereocenters. The lowest BCUT2D eigenvalue weighted by Crippen LogP contribution is -2.50. The number of amides is 1. The Hall–Kier alpha value is -0.680. The fourth-order valence-corrected chi connectivity index (χ4v) is 1.39. The Kier molecular flexibility index (Phi) is 5.75. The van der Waals surface area contributed by atoms with Crippen LogP contribution in [0.25, 0.3) is 0 Å². The Morgan fingerprint density at radius 1 is 1.53 bits per heavy atom. The molecule has 4 nitrogen and oxygen atoms in total. The minimum Gasteiger partial charge on any atom is -0.392 e. The summed E-state index contributed by atoms with van der Waals surface area (Å²) in [6.07, 6.45) is 0.621. The molecule has 0 heterocycles. The number of carbonyl (C=O) groups excluding carboxylic acids is 1. The Balaban J connectivity index is 4.70. The Morgan fingerprint density at radius 3 is 2.33 bits per heavy atom. The third-order valence-electron chi connectivity index (χ3n) is 2.59. The van der Waals surface area contributed by atoms with Crippen LogP contribution >= 0.6 is 12.2 Å². The SMILES string of the molecule is CCN(CC(N)=S)C(=O)C(C)(CC)OC. The van der Waals surface area contributed by atoms with Gasteiger partial charge in [0.25, 0.3) is 5.91 Å². The average Bonchev–Trinajstić information content (AvgIpc) is 2.23. The van der Waals surface area contributed by atoms with E-state index < -0.39 is 5.60 Å². The van der Waals surface area contributed by atoms with Gasteiger partial charge in [-0.05, 0) is 20.3 Å². The molecule has 1 unspecified atom stereocenters. The number of methoxy groups -OCH3 is 1. The maximum Gasteiger partial charge on any atom is 0.254 e. The first-order valence-electron chi connectivity index (χ1n) is 5.04. The second kappa shape index (κ2) is 6.02. The minimum absolute atomic E-state index is 0.0669. The molecule has 0 bridgehead atoms. The summed E-state index contributed by atoms with van der Waals surface area (Å²) in [6.45, 7) is 6.47. The van der Waals surface area contributed by atoms with Crippen molar-refractivity contribution in [2.24, 2.45) is 5.73 Å². The van der Waals surface area contributed by atoms with Crippen molar-refractivity contribution < 1.29 is 9.53 Å². The molecule has 0 aromatic carbocycles. The van der Waals surface area contributed by atoms with E-state index in [4.69, 9.17) is 22.7 Å². The predicted molar refractivity (Wildman–Crippen MR) is 64.7 cm³/mol. The molecule has 0 radical (unpaired) electrons. The maximum absolute atomic E-state index is 12.1. The molecule has 0 aliphatic carbocycles. The van der Waals surface area contributed by atoms with Crippen LogP contribution in [-0.2, 0) is 9.53 Å². The van der Waals surface area contributed by atoms with E-state index >= 15 is 0 Å². The molecule has 2 N–H and O–H groups in total. The van der Waals surface area contributed by atoms with E-state index in [0.717, 1.165) is 0 Å². The van der Waals surface area contributed by atoms with Crippen LogP contribution < -0.4 is 5.73 Å². The van der Waals surface area contributed by atoms with Crippen molar-refractivity contribution in [1.82, 2.24) is 4.90 Å². The van der Waals surface area contributed by atoms with E-state index in [-0.39, 0.29) is 5.91 Å². The molecule has 0 spiro atoms. The van der Waals surface area contributed by atoms with Crippen molar-refractivity contribution in [2.75, 3.05) is 20.2 Å². The number of hydrogen-bond acceptors (Lipinski definition) is 3. The van der Waals surface area contributed by atoms with Gasteiger partial charge >= 0.3 is 0 Å². The van der Waals surface area contributed by atoms with Crippen LogP contribution in [0.5, 0.6) is 0 Å². The van der Waals surface area contributed by atoms with E-state index in [1.54, 1.807) is 11.8 Å². The summed E-state index contributed by atoms with van der Waals surface area (Å²) in [6, 6.07) is 0. The summed E-state index contributed by atoms with van der Waals surface area (Å²) < 4.78 is 5.24. The number of likely N-dealkylation sites (N-methyl/N-ethyl adjacent to an activating group) is 1. The van der Waals surface area contributed by atoms with Crippen LogP contribution in [0.2, 0.25) is 0 Å². The quantitative estimate of drug-likeness (QED) is 0.692. The molecule has 0 rings (SSSR count). The first kappa shape index (κ1) is 14.3. The van der Waals surface area contributed by atoms with Gasteiger partial charge in [0.05, 0.1) is 11.5 Å². The number of nitrogens with zero attached hydrogens (tertiary/aromatic N) is 1. The van der Waals surface area contributed by atoms with Crippen LogP contribution in [0.4, 0.5) is 0 Å². The maximum atomic E-state index is 12.1. The van der Waals surface area contributed by atoms with E-state index in [1.165, 1.54) is 7.11 Å². The van der Waals surface area contributed by atoms with Gasteiger partial charge in [0.15, 0.2) is 0 Å². The van der Waals surface area contributed by atoms with Gasteiger partial charge in [-0.25, -0.2) is 0 Å². The number of hydrogen-bond donors (Lipinski definition) is 1. The van der Waals surface area contributed by atoms with Crippen LogP contribution in [0.3, 0.4) is 0 Å². The predicted octanol–water partition coefficient (Wildman–Crippen LogP) is 0.936. The number of ether oxygens (including phenoxy) is 1. The first-order chi connectivity index (χ1) is 6.91. The Morgan fingerprint density at radius 2 is 2.07 bits per heavy atom. The zero-order valence-electron chi connectivity index (χ0n) is 9.87. The summed E-state index contributed by atoms with van der Waals surface area (Å²) >= 11 is 4.80. The van der Waals surface area contributed by atoms with E-state index in [2.05, 4.69) is 0 Å². The zero-order chi connectivity index (χ0) is 12.1. The second-order valence-electron chi connectivity index (χ2n) is 3.57. The standard InChI is InChI=1S/C10H20N2O2S/c1-5-10(3,14-4)9(13)12(6-2)7-8(11)15/h5-7H2,1-4H3,(H2,11,15). The molecule has 1 amide bonds. The summed E-state index contributed by atoms with van der Waals surface area (Å²) in [4.78, 5) is 14.0. The number of rotatable bonds is 6. The van der Waals surface area contributed by atoms with Gasteiger partial charge in [0, 0.05) is 13.7 Å². The normalized spacial score (nSPS) is 14.4. The fraction of sp³-hybridized carbons (Fsp3) is 0.800. The molecular formula is C10H20N2O2S. The van der Waals surface area contributed by atoms with Gasteiger partial charge in [0.1, 0.15) is 5.60 Å². The Bertz CT molecular complexity index is 240. The summed E-state index contributed by atoms with van der Waals surface area (Å²) in [7, 11) is 1.54. The van der Waals surface area contributed by atoms with Gasteiger partial charge in [0.2, 0.25) is 0 Å². The third-order valence-corrected chi connectivity index (χ3v) is 2.72. The monoisotopic (exact) mass is 232 g/mol. The minimum atomic E-state index is -0.777. The van der Waals surface area contributed by atoms with Crippen molar-refractivity contribution in [2.45, 2.75) is 32.8 Å². The van der Waals surface area contributed by atoms with Gasteiger partial charge in [-0.3, -0.25) is 4.79 Å². The zero-order valence-corrected chi connectivity index (χ0v) is 10.7. The van der Waals surface area contributed by atoms with Crippen molar-refractivity contribution in [3.63, 3.8) is 0 Å². The van der Waals surface area contributed by atoms with Gasteiger partial charge in [-0.2, -0.15) is 0 Å². The number of thiocarbonyl (C=S) groups is 1. The van der Waals surface area contributed by atoms with Crippen LogP contribution in [-0.4, -0.2) is 41.6 Å². The average molecular weight is 232 g/mol. The summed E-state index contributed by atoms with van der Waals surface area (Å²) in [5.41, 5.74) is 4.65. The lowest BCUT2D eigenvalue weighted by Gasteiger charge is -2.32. The molecular weight excluding hydrogens is 212 g/mol. The second-order valence-corrected chi connectivity index (χ2v) is 4.10. The number of carbonyl (C=O) groups is 1. The first-order valence-corrected chi connectivity index (χ1v) is 5.44. The molecule has 0 saturated carbocycles. The molecule has 0 aromatic rings. The third kappa shape index (κ3) is 3.76. The fourth-order valence-electron chi connectivity index (χ4n) is 1.23. The molecule has 5 heteroatoms. The van der Waals surface area contributed by atoms with Crippen LogP contribution in [0.15, 0.2) is 0 Å². The van der Waals surface area contributed by atoms with Crippen molar-refractivity contribution in [3.05, 3.63) is 0 Å². The largest absolute Gasteiger partial charge is 0.392 e. The van der Waals surface area contributed by atoms with Crippen LogP contribution in [0, 0.1) is 0 Å². The van der Waals surface area contributed by atoms with Crippen molar-refractivity contribution >= 4 is 23.1 Å². The van der Waals surface area contributed by atoms with Gasteiger partial charge < -0.3 is 15.4 Å². The van der Waals surface area contributed by atoms with Gasteiger partial charge in [-0.1, -0.05) is 19.1 Å². The lowest BCUT2D eigenvalue weighted by atomic mass is 10.0. The Labute approximate surface area is 96.8 Å². The highest BCUT2D eigenvalue weighted by atomic mass is 32.1. The summed E-state index contributed by atoms with van der Waals surface area (Å²) in [5.74, 6) is -0.0669. The summed E-state index contributed by atoms with van der Waals surface area (Å²) in [5, 5.41) is 0. The highest BCUT2D eigenvalue weighted by Gasteiger charge is 2.34. The van der Waals surface area contributed by atoms with Crippen molar-refractivity contribution in [3.8, 4) is 0 Å². The van der Waals surface area contributed by atoms with Crippen molar-refractivity contribution in [1.29, 1.82) is 0 Å². The highest BCUT2D eigenvalue weighted by Crippen LogP contribution is 2.17. The molecule has 0 aliphatic heterocycles. The van der Waals surface area contributed by atoms with E-state index in [1.807, 2.05) is 13.8 Å². The van der Waals surface area contributed by atoms with E-state index in [0.29, 0.717) is 24.5 Å². The molecule has 0 aromatic heterocycles. The molecule has 15 heavy (non-hydrogen) atoms. The topological polar surface area (TPSA) is 55.6 Å². The van der Waals surface area contributed by atoms with Crippen LogP contribution in [0.1, 0.15) is 27.2 Å². The molecule has 0 fully saturated rings. The molecule has 88 valence electrons. The van der Waals surface area contributed by atoms with Gasteiger partial charge in [-0.15, -0.1) is 0 Å². The molecule has 0 saturated heterocycles. The number of nitrogens with two attached hydrogens (primary N) is 1. The molecule has 0 aliphatic rings.